The number of benzene rings is 1. The molecular formula is C8H9BF3NO4S. The van der Waals surface area contributed by atoms with Crippen molar-refractivity contribution in [1.82, 2.24) is 0 Å². The number of rotatable bonds is 3. The molecule has 0 aliphatic carbocycles. The van der Waals surface area contributed by atoms with Gasteiger partial charge in [-0.1, -0.05) is 12.1 Å². The fourth-order valence-electron chi connectivity index (χ4n) is 1.25. The largest absolute Gasteiger partial charge is 0.490 e. The molecule has 0 bridgehead atoms. The summed E-state index contributed by atoms with van der Waals surface area (Å²) >= 11 is 0. The highest BCUT2D eigenvalue weighted by Gasteiger charge is 2.32. The molecule has 0 aliphatic heterocycles. The summed E-state index contributed by atoms with van der Waals surface area (Å²) < 4.78 is 61.1. The van der Waals surface area contributed by atoms with Crippen LogP contribution in [0.3, 0.4) is 0 Å². The Kier molecular flexibility index (Phi) is 3.94. The van der Waals surface area contributed by atoms with Crippen molar-refractivity contribution in [3.8, 4) is 0 Å². The lowest BCUT2D eigenvalue weighted by molar-refractivity contribution is -0.137. The number of halogens is 3. The third kappa shape index (κ3) is 3.89. The van der Waals surface area contributed by atoms with Gasteiger partial charge in [-0.15, -0.1) is 0 Å². The van der Waals surface area contributed by atoms with E-state index in [1.165, 1.54) is 0 Å². The normalized spacial score (nSPS) is 12.3. The molecule has 0 atom stereocenters. The van der Waals surface area contributed by atoms with Gasteiger partial charge < -0.3 is 10.0 Å². The van der Waals surface area contributed by atoms with E-state index in [-0.39, 0.29) is 5.46 Å². The van der Waals surface area contributed by atoms with Gasteiger partial charge in [0.25, 0.3) is 0 Å². The smallest absolute Gasteiger partial charge is 0.423 e. The maximum absolute atomic E-state index is 12.4. The average molecular weight is 283 g/mol. The lowest BCUT2D eigenvalue weighted by atomic mass is 9.78. The number of hydrogen-bond acceptors (Lipinski definition) is 4. The summed E-state index contributed by atoms with van der Waals surface area (Å²) in [7, 11) is -5.92. The molecule has 100 valence electrons. The second-order valence-corrected chi connectivity index (χ2v) is 5.30. The Balaban J connectivity index is 3.33. The Labute approximate surface area is 101 Å². The molecule has 1 aromatic rings. The van der Waals surface area contributed by atoms with Gasteiger partial charge in [0, 0.05) is 11.2 Å². The molecule has 0 heterocycles. The maximum atomic E-state index is 12.4. The Morgan fingerprint density at radius 3 is 2.22 bits per heavy atom. The first-order valence-corrected chi connectivity index (χ1v) is 6.45. The zero-order valence-electron chi connectivity index (χ0n) is 9.06. The van der Waals surface area contributed by atoms with Crippen molar-refractivity contribution in [2.45, 2.75) is 6.18 Å². The van der Waals surface area contributed by atoms with Crippen molar-refractivity contribution < 1.29 is 31.6 Å². The van der Waals surface area contributed by atoms with Gasteiger partial charge in [-0.25, -0.2) is 8.42 Å². The standard InChI is InChI=1S/C8H9BF3NO4S/c1-18(16,17)13-7-4-5(8(10,11)12)2-3-6(7)9(14)15/h2-4,13-15H,1H3. The first-order chi connectivity index (χ1) is 8.00. The van der Waals surface area contributed by atoms with Crippen LogP contribution in [0.1, 0.15) is 5.56 Å². The highest BCUT2D eigenvalue weighted by Crippen LogP contribution is 2.30. The molecule has 0 radical (unpaired) electrons. The summed E-state index contributed by atoms with van der Waals surface area (Å²) in [5, 5.41) is 17.9. The van der Waals surface area contributed by atoms with Crippen LogP contribution in [0.2, 0.25) is 0 Å². The van der Waals surface area contributed by atoms with Gasteiger partial charge >= 0.3 is 13.3 Å². The summed E-state index contributed by atoms with van der Waals surface area (Å²) in [6, 6.07) is 1.92. The molecule has 18 heavy (non-hydrogen) atoms. The number of nitrogens with one attached hydrogen (secondary N) is 1. The van der Waals surface area contributed by atoms with Crippen LogP contribution in [-0.4, -0.2) is 31.8 Å². The summed E-state index contributed by atoms with van der Waals surface area (Å²) in [5.41, 5.74) is -1.99. The first kappa shape index (κ1) is 14.8. The molecule has 0 aromatic heterocycles. The predicted octanol–water partition coefficient (Wildman–Crippen LogP) is -0.243. The van der Waals surface area contributed by atoms with Crippen LogP contribution in [0.5, 0.6) is 0 Å². The molecule has 0 spiro atoms. The van der Waals surface area contributed by atoms with Crippen LogP contribution in [0.15, 0.2) is 18.2 Å². The minimum Gasteiger partial charge on any atom is -0.423 e. The second-order valence-electron chi connectivity index (χ2n) is 3.55. The Hall–Kier alpha value is -1.26. The van der Waals surface area contributed by atoms with Gasteiger partial charge in [-0.3, -0.25) is 4.72 Å². The molecule has 0 amide bonds. The van der Waals surface area contributed by atoms with Crippen LogP contribution in [-0.2, 0) is 16.2 Å². The van der Waals surface area contributed by atoms with E-state index in [4.69, 9.17) is 10.0 Å². The monoisotopic (exact) mass is 283 g/mol. The minimum atomic E-state index is -4.66. The molecule has 1 rings (SSSR count). The quantitative estimate of drug-likeness (QED) is 0.668. The Bertz CT molecular complexity index is 544. The minimum absolute atomic E-state index is 0.367. The first-order valence-electron chi connectivity index (χ1n) is 4.56. The van der Waals surface area contributed by atoms with E-state index in [0.29, 0.717) is 12.1 Å². The third-order valence-corrected chi connectivity index (χ3v) is 2.54. The van der Waals surface area contributed by atoms with Gasteiger partial charge in [0.05, 0.1) is 11.8 Å². The lowest BCUT2D eigenvalue weighted by Crippen LogP contribution is -2.33. The third-order valence-electron chi connectivity index (χ3n) is 1.95. The van der Waals surface area contributed by atoms with Gasteiger partial charge in [-0.2, -0.15) is 13.2 Å². The molecule has 3 N–H and O–H groups in total. The summed E-state index contributed by atoms with van der Waals surface area (Å²) in [5.74, 6) is 0. The van der Waals surface area contributed by atoms with Crippen molar-refractivity contribution in [2.24, 2.45) is 0 Å². The highest BCUT2D eigenvalue weighted by atomic mass is 32.2. The molecule has 0 saturated heterocycles. The number of anilines is 1. The fraction of sp³-hybridized carbons (Fsp3) is 0.250. The van der Waals surface area contributed by atoms with Gasteiger partial charge in [0.1, 0.15) is 0 Å². The number of alkyl halides is 3. The van der Waals surface area contributed by atoms with E-state index in [0.717, 1.165) is 12.3 Å². The maximum Gasteiger partial charge on any atom is 0.490 e. The molecular weight excluding hydrogens is 274 g/mol. The van der Waals surface area contributed by atoms with Crippen LogP contribution >= 0.6 is 0 Å². The number of hydrogen-bond donors (Lipinski definition) is 3. The molecule has 10 heteroatoms. The molecule has 1 aromatic carbocycles. The van der Waals surface area contributed by atoms with E-state index in [2.05, 4.69) is 0 Å². The van der Waals surface area contributed by atoms with Crippen LogP contribution in [0, 0.1) is 0 Å². The zero-order valence-corrected chi connectivity index (χ0v) is 9.88. The summed E-state index contributed by atoms with van der Waals surface area (Å²) in [4.78, 5) is 0. The van der Waals surface area contributed by atoms with E-state index < -0.39 is 34.6 Å². The number of sulfonamides is 1. The molecule has 0 fully saturated rings. The van der Waals surface area contributed by atoms with Crippen molar-refractivity contribution in [2.75, 3.05) is 11.0 Å². The van der Waals surface area contributed by atoms with E-state index >= 15 is 0 Å². The Morgan fingerprint density at radius 1 is 1.28 bits per heavy atom. The van der Waals surface area contributed by atoms with Gasteiger partial charge in [-0.05, 0) is 6.07 Å². The van der Waals surface area contributed by atoms with Crippen molar-refractivity contribution in [1.29, 1.82) is 0 Å². The molecule has 0 unspecified atom stereocenters. The van der Waals surface area contributed by atoms with Crippen molar-refractivity contribution in [3.05, 3.63) is 23.8 Å². The fourth-order valence-corrected chi connectivity index (χ4v) is 1.82. The SMILES string of the molecule is CS(=O)(=O)Nc1cc(C(F)(F)F)ccc1B(O)O. The van der Waals surface area contributed by atoms with E-state index in [9.17, 15) is 21.6 Å². The van der Waals surface area contributed by atoms with Gasteiger partial charge in [0.15, 0.2) is 0 Å². The highest BCUT2D eigenvalue weighted by molar-refractivity contribution is 7.92. The van der Waals surface area contributed by atoms with Crippen molar-refractivity contribution in [3.63, 3.8) is 0 Å². The van der Waals surface area contributed by atoms with Crippen molar-refractivity contribution >= 4 is 28.3 Å². The molecule has 0 aliphatic rings. The van der Waals surface area contributed by atoms with Crippen LogP contribution in [0.4, 0.5) is 18.9 Å². The topological polar surface area (TPSA) is 86.6 Å². The lowest BCUT2D eigenvalue weighted by Gasteiger charge is -2.13. The second kappa shape index (κ2) is 4.79. The zero-order chi connectivity index (χ0) is 14.1. The Morgan fingerprint density at radius 2 is 1.83 bits per heavy atom. The van der Waals surface area contributed by atoms with Crippen LogP contribution < -0.4 is 10.2 Å². The summed E-state index contributed by atoms with van der Waals surface area (Å²) in [6.45, 7) is 0. The van der Waals surface area contributed by atoms with E-state index in [1.54, 1.807) is 4.72 Å². The molecule has 5 nitrogen and oxygen atoms in total. The summed E-state index contributed by atoms with van der Waals surface area (Å²) in [6.07, 6.45) is -3.92. The molecule has 0 saturated carbocycles. The van der Waals surface area contributed by atoms with Crippen LogP contribution in [0.25, 0.3) is 0 Å². The average Bonchev–Trinajstić information content (AvgIpc) is 2.12. The van der Waals surface area contributed by atoms with E-state index in [1.807, 2.05) is 0 Å². The van der Waals surface area contributed by atoms with Gasteiger partial charge in [0.2, 0.25) is 10.0 Å². The predicted molar refractivity (Wildman–Crippen MR) is 59.7 cm³/mol.